The summed E-state index contributed by atoms with van der Waals surface area (Å²) in [5.74, 6) is 0. The molecule has 1 nitrogen and oxygen atoms in total. The summed E-state index contributed by atoms with van der Waals surface area (Å²) in [6.07, 6.45) is 0.850. The van der Waals surface area contributed by atoms with E-state index in [2.05, 4.69) is 0 Å². The van der Waals surface area contributed by atoms with Crippen LogP contribution in [0.3, 0.4) is 0 Å². The van der Waals surface area contributed by atoms with Crippen LogP contribution in [0.25, 0.3) is 0 Å². The summed E-state index contributed by atoms with van der Waals surface area (Å²) in [6, 6.07) is 3.78. The molecule has 0 bridgehead atoms. The minimum Gasteiger partial charge on any atom is -0.330 e. The number of hydrogen-bond donors (Lipinski definition) is 1. The maximum absolute atomic E-state index is 5.95. The van der Waals surface area contributed by atoms with Crippen LogP contribution in [0.1, 0.15) is 11.1 Å². The molecule has 0 saturated carbocycles. The van der Waals surface area contributed by atoms with Crippen LogP contribution in [0.5, 0.6) is 0 Å². The van der Waals surface area contributed by atoms with Crippen molar-refractivity contribution in [2.24, 2.45) is 5.73 Å². The fourth-order valence-electron chi connectivity index (χ4n) is 1.12. The summed E-state index contributed by atoms with van der Waals surface area (Å²) in [4.78, 5) is 0. The number of halogens is 2. The highest BCUT2D eigenvalue weighted by Crippen LogP contribution is 2.27. The van der Waals surface area contributed by atoms with Gasteiger partial charge >= 0.3 is 0 Å². The Balaban J connectivity index is 3.08. The van der Waals surface area contributed by atoms with Crippen LogP contribution >= 0.6 is 23.2 Å². The van der Waals surface area contributed by atoms with Gasteiger partial charge in [0.1, 0.15) is 0 Å². The highest BCUT2D eigenvalue weighted by molar-refractivity contribution is 6.42. The lowest BCUT2D eigenvalue weighted by Crippen LogP contribution is -2.04. The van der Waals surface area contributed by atoms with E-state index in [0.29, 0.717) is 16.6 Å². The van der Waals surface area contributed by atoms with Crippen LogP contribution in [0.2, 0.25) is 10.0 Å². The van der Waals surface area contributed by atoms with E-state index in [9.17, 15) is 0 Å². The number of benzene rings is 1. The molecule has 0 aromatic heterocycles. The molecule has 1 aromatic carbocycles. The third-order valence-electron chi connectivity index (χ3n) is 1.87. The Hall–Kier alpha value is -0.240. The molecular formula is C9H11Cl2N. The van der Waals surface area contributed by atoms with E-state index in [1.807, 2.05) is 19.1 Å². The van der Waals surface area contributed by atoms with Crippen molar-refractivity contribution in [3.05, 3.63) is 33.3 Å². The topological polar surface area (TPSA) is 26.0 Å². The molecule has 3 heteroatoms. The lowest BCUT2D eigenvalue weighted by atomic mass is 10.1. The Morgan fingerprint density at radius 1 is 1.33 bits per heavy atom. The standard InChI is InChI=1S/C9H11Cl2N/c1-6-7(4-5-12)2-3-8(10)9(6)11/h2-3H,4-5,12H2,1H3. The molecule has 12 heavy (non-hydrogen) atoms. The van der Waals surface area contributed by atoms with Crippen molar-refractivity contribution in [1.82, 2.24) is 0 Å². The first-order chi connectivity index (χ1) is 5.66. The van der Waals surface area contributed by atoms with Crippen molar-refractivity contribution in [3.63, 3.8) is 0 Å². The van der Waals surface area contributed by atoms with Gasteiger partial charge in [-0.05, 0) is 37.1 Å². The fraction of sp³-hybridized carbons (Fsp3) is 0.333. The number of hydrogen-bond acceptors (Lipinski definition) is 1. The molecule has 0 radical (unpaired) electrons. The molecule has 0 fully saturated rings. The van der Waals surface area contributed by atoms with Gasteiger partial charge in [-0.25, -0.2) is 0 Å². The average molecular weight is 204 g/mol. The Morgan fingerprint density at radius 2 is 2.00 bits per heavy atom. The van der Waals surface area contributed by atoms with E-state index in [-0.39, 0.29) is 0 Å². The third-order valence-corrected chi connectivity index (χ3v) is 2.76. The molecule has 0 unspecified atom stereocenters. The predicted octanol–water partition coefficient (Wildman–Crippen LogP) is 2.80. The molecule has 1 rings (SSSR count). The van der Waals surface area contributed by atoms with Crippen molar-refractivity contribution in [2.75, 3.05) is 6.54 Å². The second-order valence-electron chi connectivity index (χ2n) is 2.68. The Bertz CT molecular complexity index is 284. The molecule has 0 atom stereocenters. The van der Waals surface area contributed by atoms with E-state index in [1.165, 1.54) is 5.56 Å². The number of nitrogens with two attached hydrogens (primary N) is 1. The van der Waals surface area contributed by atoms with Crippen molar-refractivity contribution >= 4 is 23.2 Å². The Labute approximate surface area is 82.5 Å². The van der Waals surface area contributed by atoms with Gasteiger partial charge in [0.15, 0.2) is 0 Å². The number of rotatable bonds is 2. The van der Waals surface area contributed by atoms with Crippen molar-refractivity contribution in [2.45, 2.75) is 13.3 Å². The normalized spacial score (nSPS) is 10.3. The summed E-state index contributed by atoms with van der Waals surface area (Å²) in [5.41, 5.74) is 7.65. The highest BCUT2D eigenvalue weighted by atomic mass is 35.5. The zero-order chi connectivity index (χ0) is 9.14. The van der Waals surface area contributed by atoms with E-state index in [1.54, 1.807) is 0 Å². The first-order valence-electron chi connectivity index (χ1n) is 3.80. The maximum Gasteiger partial charge on any atom is 0.0624 e. The summed E-state index contributed by atoms with van der Waals surface area (Å²) >= 11 is 11.8. The SMILES string of the molecule is Cc1c(CCN)ccc(Cl)c1Cl. The van der Waals surface area contributed by atoms with Gasteiger partial charge in [0.05, 0.1) is 10.0 Å². The molecule has 1 aromatic rings. The van der Waals surface area contributed by atoms with E-state index in [4.69, 9.17) is 28.9 Å². The molecule has 0 aliphatic heterocycles. The summed E-state index contributed by atoms with van der Waals surface area (Å²) in [6.45, 7) is 2.60. The van der Waals surface area contributed by atoms with E-state index in [0.717, 1.165) is 12.0 Å². The maximum atomic E-state index is 5.95. The van der Waals surface area contributed by atoms with Crippen LogP contribution in [0, 0.1) is 6.92 Å². The minimum absolute atomic E-state index is 0.606. The summed E-state index contributed by atoms with van der Waals surface area (Å²) in [5, 5.41) is 1.25. The molecule has 0 amide bonds. The van der Waals surface area contributed by atoms with Gasteiger partial charge in [0, 0.05) is 0 Å². The quantitative estimate of drug-likeness (QED) is 0.787. The molecule has 0 heterocycles. The molecule has 66 valence electrons. The van der Waals surface area contributed by atoms with Crippen LogP contribution in [-0.4, -0.2) is 6.54 Å². The second kappa shape index (κ2) is 4.13. The minimum atomic E-state index is 0.606. The lowest BCUT2D eigenvalue weighted by Gasteiger charge is -2.06. The first kappa shape index (κ1) is 9.85. The van der Waals surface area contributed by atoms with Crippen LogP contribution < -0.4 is 5.73 Å². The van der Waals surface area contributed by atoms with Crippen LogP contribution in [0.4, 0.5) is 0 Å². The van der Waals surface area contributed by atoms with Gasteiger partial charge in [-0.15, -0.1) is 0 Å². The Kier molecular flexibility index (Phi) is 3.39. The predicted molar refractivity (Wildman–Crippen MR) is 54.0 cm³/mol. The van der Waals surface area contributed by atoms with Gasteiger partial charge in [-0.2, -0.15) is 0 Å². The zero-order valence-electron chi connectivity index (χ0n) is 6.90. The third kappa shape index (κ3) is 1.92. The molecule has 0 spiro atoms. The monoisotopic (exact) mass is 203 g/mol. The van der Waals surface area contributed by atoms with E-state index >= 15 is 0 Å². The fourth-order valence-corrected chi connectivity index (χ4v) is 1.51. The van der Waals surface area contributed by atoms with Crippen molar-refractivity contribution < 1.29 is 0 Å². The van der Waals surface area contributed by atoms with E-state index < -0.39 is 0 Å². The molecule has 0 aliphatic carbocycles. The highest BCUT2D eigenvalue weighted by Gasteiger charge is 2.04. The van der Waals surface area contributed by atoms with Crippen molar-refractivity contribution in [3.8, 4) is 0 Å². The average Bonchev–Trinajstić information content (AvgIpc) is 2.07. The van der Waals surface area contributed by atoms with Gasteiger partial charge in [0.25, 0.3) is 0 Å². The molecular weight excluding hydrogens is 193 g/mol. The second-order valence-corrected chi connectivity index (χ2v) is 3.47. The van der Waals surface area contributed by atoms with Crippen molar-refractivity contribution in [1.29, 1.82) is 0 Å². The summed E-state index contributed by atoms with van der Waals surface area (Å²) in [7, 11) is 0. The van der Waals surface area contributed by atoms with Gasteiger partial charge < -0.3 is 5.73 Å². The zero-order valence-corrected chi connectivity index (χ0v) is 8.41. The van der Waals surface area contributed by atoms with Crippen LogP contribution in [0.15, 0.2) is 12.1 Å². The molecule has 2 N–H and O–H groups in total. The first-order valence-corrected chi connectivity index (χ1v) is 4.56. The van der Waals surface area contributed by atoms with Gasteiger partial charge in [-0.3, -0.25) is 0 Å². The largest absolute Gasteiger partial charge is 0.330 e. The Morgan fingerprint density at radius 3 is 2.58 bits per heavy atom. The smallest absolute Gasteiger partial charge is 0.0624 e. The van der Waals surface area contributed by atoms with Crippen LogP contribution in [-0.2, 0) is 6.42 Å². The van der Waals surface area contributed by atoms with Gasteiger partial charge in [-0.1, -0.05) is 29.3 Å². The lowest BCUT2D eigenvalue weighted by molar-refractivity contribution is 0.958. The summed E-state index contributed by atoms with van der Waals surface area (Å²) < 4.78 is 0. The molecule has 0 saturated heterocycles. The molecule has 0 aliphatic rings. The van der Waals surface area contributed by atoms with Gasteiger partial charge in [0.2, 0.25) is 0 Å².